The van der Waals surface area contributed by atoms with Gasteiger partial charge in [0.2, 0.25) is 0 Å². The first-order chi connectivity index (χ1) is 8.76. The van der Waals surface area contributed by atoms with E-state index in [0.717, 1.165) is 35.2 Å². The maximum absolute atomic E-state index is 9.35. The largest absolute Gasteiger partial charge is 0.391 e. The molecule has 0 spiro atoms. The topological polar surface area (TPSA) is 36.4 Å². The highest BCUT2D eigenvalue weighted by molar-refractivity contribution is 7.15. The van der Waals surface area contributed by atoms with Crippen LogP contribution in [0.1, 0.15) is 57.0 Å². The van der Waals surface area contributed by atoms with Crippen molar-refractivity contribution in [1.82, 2.24) is 4.98 Å². The van der Waals surface area contributed by atoms with Crippen LogP contribution in [0.4, 0.5) is 5.13 Å². The second-order valence-corrected chi connectivity index (χ2v) is 5.63. The molecule has 0 fully saturated rings. The van der Waals surface area contributed by atoms with Crippen LogP contribution in [0.3, 0.4) is 0 Å². The Labute approximate surface area is 115 Å². The predicted molar refractivity (Wildman–Crippen MR) is 79.4 cm³/mol. The molecule has 1 aromatic rings. The Morgan fingerprint density at radius 2 is 1.72 bits per heavy atom. The maximum atomic E-state index is 9.35. The standard InChI is InChI=1S/C14H26N2OS/c1-4-7-9-16(10-8-5-2)14-15-12(6-3)13(11-17)18-14/h17H,4-11H2,1-3H3. The second-order valence-electron chi connectivity index (χ2n) is 4.57. The third-order valence-corrected chi connectivity index (χ3v) is 4.22. The average molecular weight is 270 g/mol. The number of hydrogen-bond donors (Lipinski definition) is 1. The summed E-state index contributed by atoms with van der Waals surface area (Å²) < 4.78 is 0. The summed E-state index contributed by atoms with van der Waals surface area (Å²) in [6, 6.07) is 0. The summed E-state index contributed by atoms with van der Waals surface area (Å²) in [4.78, 5) is 8.11. The molecule has 0 amide bonds. The van der Waals surface area contributed by atoms with Crippen LogP contribution in [0.15, 0.2) is 0 Å². The minimum Gasteiger partial charge on any atom is -0.391 e. The Hall–Kier alpha value is -0.610. The zero-order chi connectivity index (χ0) is 13.4. The Kier molecular flexibility index (Phi) is 7.28. The monoisotopic (exact) mass is 270 g/mol. The SMILES string of the molecule is CCCCN(CCCC)c1nc(CC)c(CO)s1. The molecule has 0 unspecified atom stereocenters. The zero-order valence-corrected chi connectivity index (χ0v) is 12.7. The first-order valence-corrected chi connectivity index (χ1v) is 7.92. The third-order valence-electron chi connectivity index (χ3n) is 3.08. The van der Waals surface area contributed by atoms with Crippen LogP contribution in [0.2, 0.25) is 0 Å². The molecule has 1 rings (SSSR count). The van der Waals surface area contributed by atoms with Gasteiger partial charge in [-0.3, -0.25) is 0 Å². The van der Waals surface area contributed by atoms with Gasteiger partial charge in [-0.25, -0.2) is 4.98 Å². The van der Waals surface area contributed by atoms with Gasteiger partial charge in [-0.1, -0.05) is 44.9 Å². The highest BCUT2D eigenvalue weighted by Gasteiger charge is 2.14. The van der Waals surface area contributed by atoms with E-state index in [1.165, 1.54) is 25.7 Å². The lowest BCUT2D eigenvalue weighted by atomic mass is 10.3. The van der Waals surface area contributed by atoms with Crippen molar-refractivity contribution in [2.45, 2.75) is 59.5 Å². The molecule has 0 radical (unpaired) electrons. The van der Waals surface area contributed by atoms with Gasteiger partial charge in [0.05, 0.1) is 17.2 Å². The van der Waals surface area contributed by atoms with Crippen molar-refractivity contribution in [3.63, 3.8) is 0 Å². The van der Waals surface area contributed by atoms with Crippen molar-refractivity contribution >= 4 is 16.5 Å². The van der Waals surface area contributed by atoms with Gasteiger partial charge in [-0.15, -0.1) is 0 Å². The Bertz CT molecular complexity index is 309. The molecule has 0 aliphatic heterocycles. The maximum Gasteiger partial charge on any atom is 0.185 e. The van der Waals surface area contributed by atoms with E-state index in [2.05, 4.69) is 25.7 Å². The van der Waals surface area contributed by atoms with Crippen molar-refractivity contribution in [2.75, 3.05) is 18.0 Å². The van der Waals surface area contributed by atoms with Gasteiger partial charge < -0.3 is 10.0 Å². The number of aliphatic hydroxyl groups is 1. The fourth-order valence-electron chi connectivity index (χ4n) is 1.91. The summed E-state index contributed by atoms with van der Waals surface area (Å²) in [5, 5.41) is 10.4. The molecular formula is C14H26N2OS. The molecule has 0 saturated carbocycles. The number of aryl methyl sites for hydroxylation is 1. The Balaban J connectivity index is 2.78. The van der Waals surface area contributed by atoms with E-state index in [-0.39, 0.29) is 6.61 Å². The second kappa shape index (κ2) is 8.48. The summed E-state index contributed by atoms with van der Waals surface area (Å²) in [7, 11) is 0. The molecule has 0 bridgehead atoms. The molecule has 4 heteroatoms. The number of thiazole rings is 1. The van der Waals surface area contributed by atoms with Gasteiger partial charge in [0.15, 0.2) is 5.13 Å². The molecule has 0 aliphatic rings. The molecule has 0 aromatic carbocycles. The number of aromatic nitrogens is 1. The normalized spacial score (nSPS) is 10.9. The molecule has 3 nitrogen and oxygen atoms in total. The molecule has 104 valence electrons. The van der Waals surface area contributed by atoms with Gasteiger partial charge in [0.1, 0.15) is 0 Å². The number of rotatable bonds is 9. The van der Waals surface area contributed by atoms with Gasteiger partial charge in [-0.05, 0) is 19.3 Å². The lowest BCUT2D eigenvalue weighted by Gasteiger charge is -2.21. The molecular weight excluding hydrogens is 244 g/mol. The van der Waals surface area contributed by atoms with Crippen LogP contribution in [0, 0.1) is 0 Å². The first kappa shape index (κ1) is 15.4. The summed E-state index contributed by atoms with van der Waals surface area (Å²) >= 11 is 1.66. The summed E-state index contributed by atoms with van der Waals surface area (Å²) in [5.41, 5.74) is 1.07. The number of hydrogen-bond acceptors (Lipinski definition) is 4. The minimum absolute atomic E-state index is 0.121. The smallest absolute Gasteiger partial charge is 0.185 e. The lowest BCUT2D eigenvalue weighted by Crippen LogP contribution is -2.25. The van der Waals surface area contributed by atoms with Gasteiger partial charge >= 0.3 is 0 Å². The highest BCUT2D eigenvalue weighted by Crippen LogP contribution is 2.27. The van der Waals surface area contributed by atoms with E-state index >= 15 is 0 Å². The number of unbranched alkanes of at least 4 members (excludes halogenated alkanes) is 2. The fourth-order valence-corrected chi connectivity index (χ4v) is 2.97. The van der Waals surface area contributed by atoms with Crippen molar-refractivity contribution in [3.05, 3.63) is 10.6 Å². The molecule has 0 atom stereocenters. The summed E-state index contributed by atoms with van der Waals surface area (Å²) in [6.45, 7) is 8.82. The molecule has 0 saturated heterocycles. The minimum atomic E-state index is 0.121. The van der Waals surface area contributed by atoms with Crippen LogP contribution in [0.25, 0.3) is 0 Å². The van der Waals surface area contributed by atoms with Crippen LogP contribution in [-0.4, -0.2) is 23.2 Å². The van der Waals surface area contributed by atoms with Crippen LogP contribution >= 0.6 is 11.3 Å². The number of nitrogens with zero attached hydrogens (tertiary/aromatic N) is 2. The lowest BCUT2D eigenvalue weighted by molar-refractivity contribution is 0.284. The van der Waals surface area contributed by atoms with Crippen molar-refractivity contribution < 1.29 is 5.11 Å². The van der Waals surface area contributed by atoms with E-state index in [9.17, 15) is 5.11 Å². The molecule has 1 heterocycles. The van der Waals surface area contributed by atoms with Crippen molar-refractivity contribution in [2.24, 2.45) is 0 Å². The third kappa shape index (κ3) is 4.25. The number of aliphatic hydroxyl groups excluding tert-OH is 1. The Morgan fingerprint density at radius 1 is 1.11 bits per heavy atom. The van der Waals surface area contributed by atoms with Gasteiger partial charge in [0.25, 0.3) is 0 Å². The predicted octanol–water partition coefficient (Wildman–Crippen LogP) is 3.60. The van der Waals surface area contributed by atoms with E-state index in [1.54, 1.807) is 11.3 Å². The van der Waals surface area contributed by atoms with Crippen molar-refractivity contribution in [3.8, 4) is 0 Å². The van der Waals surface area contributed by atoms with Gasteiger partial charge in [0, 0.05) is 13.1 Å². The van der Waals surface area contributed by atoms with Crippen molar-refractivity contribution in [1.29, 1.82) is 0 Å². The van der Waals surface area contributed by atoms with E-state index in [1.807, 2.05) is 0 Å². The summed E-state index contributed by atoms with van der Waals surface area (Å²) in [5.74, 6) is 0. The fraction of sp³-hybridized carbons (Fsp3) is 0.786. The van der Waals surface area contributed by atoms with Gasteiger partial charge in [-0.2, -0.15) is 0 Å². The molecule has 1 aromatic heterocycles. The summed E-state index contributed by atoms with van der Waals surface area (Å²) in [6.07, 6.45) is 5.74. The van der Waals surface area contributed by atoms with Crippen LogP contribution in [0.5, 0.6) is 0 Å². The van der Waals surface area contributed by atoms with E-state index < -0.39 is 0 Å². The molecule has 18 heavy (non-hydrogen) atoms. The van der Waals surface area contributed by atoms with Crippen LogP contribution < -0.4 is 4.90 Å². The molecule has 0 aliphatic carbocycles. The zero-order valence-electron chi connectivity index (χ0n) is 11.9. The quantitative estimate of drug-likeness (QED) is 0.745. The molecule has 1 N–H and O–H groups in total. The highest BCUT2D eigenvalue weighted by atomic mass is 32.1. The van der Waals surface area contributed by atoms with Crippen LogP contribution in [-0.2, 0) is 13.0 Å². The van der Waals surface area contributed by atoms with E-state index in [0.29, 0.717) is 0 Å². The first-order valence-electron chi connectivity index (χ1n) is 7.11. The van der Waals surface area contributed by atoms with E-state index in [4.69, 9.17) is 4.98 Å². The average Bonchev–Trinajstić information content (AvgIpc) is 2.82. The number of anilines is 1. The Morgan fingerprint density at radius 3 is 2.11 bits per heavy atom.